The van der Waals surface area contributed by atoms with E-state index >= 15 is 0 Å². The topological polar surface area (TPSA) is 69.6 Å². The van der Waals surface area contributed by atoms with E-state index < -0.39 is 41.9 Å². The number of amides is 2. The van der Waals surface area contributed by atoms with Gasteiger partial charge in [-0.05, 0) is 5.56 Å². The van der Waals surface area contributed by atoms with Crippen molar-refractivity contribution in [1.82, 2.24) is 10.2 Å². The van der Waals surface area contributed by atoms with Crippen molar-refractivity contribution in [3.8, 4) is 0 Å². The summed E-state index contributed by atoms with van der Waals surface area (Å²) in [5, 5.41) is 12.0. The monoisotopic (exact) mass is 370 g/mol. The van der Waals surface area contributed by atoms with E-state index in [1.54, 1.807) is 0 Å². The van der Waals surface area contributed by atoms with Gasteiger partial charge in [0.1, 0.15) is 5.92 Å². The van der Waals surface area contributed by atoms with E-state index in [4.69, 9.17) is 0 Å². The molecular formula is C14H12F6N2O3. The molecule has 2 N–H and O–H groups in total. The Morgan fingerprint density at radius 3 is 2.12 bits per heavy atom. The Bertz CT molecular complexity index is 675. The van der Waals surface area contributed by atoms with Crippen LogP contribution in [0.5, 0.6) is 0 Å². The van der Waals surface area contributed by atoms with Crippen LogP contribution in [-0.4, -0.2) is 46.9 Å². The van der Waals surface area contributed by atoms with Crippen molar-refractivity contribution in [3.05, 3.63) is 35.9 Å². The number of alkyl halides is 6. The number of benzene rings is 1. The summed E-state index contributed by atoms with van der Waals surface area (Å²) >= 11 is 0. The largest absolute Gasteiger partial charge is 0.450 e. The van der Waals surface area contributed by atoms with Crippen LogP contribution in [0.3, 0.4) is 0 Å². The van der Waals surface area contributed by atoms with Gasteiger partial charge >= 0.3 is 18.4 Å². The fourth-order valence-corrected chi connectivity index (χ4v) is 2.72. The molecule has 3 atom stereocenters. The quantitative estimate of drug-likeness (QED) is 0.786. The van der Waals surface area contributed by atoms with Gasteiger partial charge in [0.25, 0.3) is 5.72 Å². The molecule has 1 fully saturated rings. The fraction of sp³-hybridized carbons (Fsp3) is 0.429. The number of ketones is 1. The standard InChI is InChI=1S/C14H12F6N2O3/c1-22-11(24)21-9(7-5-3-2-4-6-7)8(10(23)13(15,16)17)12(22,25)14(18,19)20/h2-6,8-9,25H,1H3,(H,21,24). The van der Waals surface area contributed by atoms with E-state index in [0.717, 1.165) is 12.1 Å². The van der Waals surface area contributed by atoms with Gasteiger partial charge in [-0.25, -0.2) is 4.79 Å². The first kappa shape index (κ1) is 19.0. The van der Waals surface area contributed by atoms with Crippen LogP contribution in [0.25, 0.3) is 0 Å². The van der Waals surface area contributed by atoms with Gasteiger partial charge < -0.3 is 10.4 Å². The van der Waals surface area contributed by atoms with Gasteiger partial charge in [-0.15, -0.1) is 0 Å². The van der Waals surface area contributed by atoms with Crippen LogP contribution < -0.4 is 5.32 Å². The lowest BCUT2D eigenvalue weighted by Gasteiger charge is -2.49. The molecule has 0 aromatic heterocycles. The summed E-state index contributed by atoms with van der Waals surface area (Å²) in [6.07, 6.45) is -11.4. The van der Waals surface area contributed by atoms with Crippen molar-refractivity contribution >= 4 is 11.8 Å². The van der Waals surface area contributed by atoms with E-state index in [2.05, 4.69) is 0 Å². The molecule has 0 aliphatic carbocycles. The van der Waals surface area contributed by atoms with Gasteiger partial charge in [-0.3, -0.25) is 9.69 Å². The van der Waals surface area contributed by atoms with Crippen molar-refractivity contribution in [1.29, 1.82) is 0 Å². The van der Waals surface area contributed by atoms with Gasteiger partial charge in [0.05, 0.1) is 6.04 Å². The molecule has 1 saturated heterocycles. The average molecular weight is 370 g/mol. The lowest BCUT2D eigenvalue weighted by Crippen LogP contribution is -2.73. The number of hydrogen-bond acceptors (Lipinski definition) is 3. The minimum absolute atomic E-state index is 0.186. The number of hydrogen-bond donors (Lipinski definition) is 2. The van der Waals surface area contributed by atoms with Crippen molar-refractivity contribution in [2.75, 3.05) is 7.05 Å². The highest BCUT2D eigenvalue weighted by atomic mass is 19.4. The number of halogens is 6. The maximum atomic E-state index is 13.4. The molecule has 5 nitrogen and oxygen atoms in total. The van der Waals surface area contributed by atoms with Crippen LogP contribution in [0.15, 0.2) is 30.3 Å². The SMILES string of the molecule is CN1C(=O)NC(c2ccccc2)C(C(=O)C(F)(F)F)C1(O)C(F)(F)F. The number of aliphatic hydroxyl groups is 1. The van der Waals surface area contributed by atoms with Crippen LogP contribution in [0, 0.1) is 5.92 Å². The molecule has 0 radical (unpaired) electrons. The number of carbonyl (C=O) groups is 2. The lowest BCUT2D eigenvalue weighted by molar-refractivity contribution is -0.328. The summed E-state index contributed by atoms with van der Waals surface area (Å²) in [6, 6.07) is 2.85. The molecule has 25 heavy (non-hydrogen) atoms. The Labute approximate surface area is 137 Å². The molecule has 3 unspecified atom stereocenters. The van der Waals surface area contributed by atoms with E-state index in [1.165, 1.54) is 18.2 Å². The molecule has 1 aromatic carbocycles. The molecule has 1 aromatic rings. The van der Waals surface area contributed by atoms with Crippen molar-refractivity contribution in [3.63, 3.8) is 0 Å². The van der Waals surface area contributed by atoms with E-state index in [-0.39, 0.29) is 10.5 Å². The molecule has 1 aliphatic rings. The zero-order valence-corrected chi connectivity index (χ0v) is 12.5. The predicted molar refractivity (Wildman–Crippen MR) is 71.0 cm³/mol. The Balaban J connectivity index is 2.70. The molecule has 1 heterocycles. The molecular weight excluding hydrogens is 358 g/mol. The molecule has 2 amide bonds. The maximum Gasteiger partial charge on any atom is 0.450 e. The summed E-state index contributed by atoms with van der Waals surface area (Å²) in [6.45, 7) is 0. The number of nitrogens with zero attached hydrogens (tertiary/aromatic N) is 1. The third kappa shape index (κ3) is 3.03. The fourth-order valence-electron chi connectivity index (χ4n) is 2.72. The average Bonchev–Trinajstić information content (AvgIpc) is 2.50. The van der Waals surface area contributed by atoms with Crippen LogP contribution in [-0.2, 0) is 4.79 Å². The third-order valence-electron chi connectivity index (χ3n) is 4.00. The van der Waals surface area contributed by atoms with Crippen LogP contribution in [0.1, 0.15) is 11.6 Å². The molecule has 2 rings (SSSR count). The summed E-state index contributed by atoms with van der Waals surface area (Å²) in [5.74, 6) is -5.84. The molecule has 1 aliphatic heterocycles. The zero-order valence-electron chi connectivity index (χ0n) is 12.5. The number of Topliss-reactive ketones (excluding diaryl/α,β-unsaturated/α-hetero) is 1. The summed E-state index contributed by atoms with van der Waals surface area (Å²) in [5.41, 5.74) is -4.52. The smallest absolute Gasteiger partial charge is 0.363 e. The molecule has 0 saturated carbocycles. The van der Waals surface area contributed by atoms with Crippen molar-refractivity contribution < 1.29 is 41.0 Å². The van der Waals surface area contributed by atoms with Gasteiger partial charge in [0.2, 0.25) is 5.78 Å². The van der Waals surface area contributed by atoms with Crippen LogP contribution in [0.4, 0.5) is 31.1 Å². The molecule has 0 spiro atoms. The van der Waals surface area contributed by atoms with E-state index in [9.17, 15) is 41.0 Å². The second-order valence-corrected chi connectivity index (χ2v) is 5.46. The van der Waals surface area contributed by atoms with Crippen LogP contribution in [0.2, 0.25) is 0 Å². The summed E-state index contributed by atoms with van der Waals surface area (Å²) < 4.78 is 79.1. The summed E-state index contributed by atoms with van der Waals surface area (Å²) in [4.78, 5) is 23.2. The van der Waals surface area contributed by atoms with Crippen LogP contribution >= 0.6 is 0 Å². The number of rotatable bonds is 2. The highest BCUT2D eigenvalue weighted by molar-refractivity contribution is 5.91. The minimum Gasteiger partial charge on any atom is -0.363 e. The van der Waals surface area contributed by atoms with Crippen molar-refractivity contribution in [2.24, 2.45) is 5.92 Å². The Kier molecular flexibility index (Phi) is 4.49. The first-order valence-electron chi connectivity index (χ1n) is 6.81. The normalized spacial score (nSPS) is 27.8. The highest BCUT2D eigenvalue weighted by Gasteiger charge is 2.71. The van der Waals surface area contributed by atoms with Crippen molar-refractivity contribution in [2.45, 2.75) is 24.1 Å². The van der Waals surface area contributed by atoms with Gasteiger partial charge in [0.15, 0.2) is 0 Å². The van der Waals surface area contributed by atoms with Gasteiger partial charge in [0, 0.05) is 7.05 Å². The molecule has 0 bridgehead atoms. The molecule has 138 valence electrons. The predicted octanol–water partition coefficient (Wildman–Crippen LogP) is 2.38. The minimum atomic E-state index is -5.71. The van der Waals surface area contributed by atoms with E-state index in [0.29, 0.717) is 7.05 Å². The number of carbonyl (C=O) groups excluding carboxylic acids is 2. The van der Waals surface area contributed by atoms with Gasteiger partial charge in [-0.2, -0.15) is 26.3 Å². The highest BCUT2D eigenvalue weighted by Crippen LogP contribution is 2.48. The number of nitrogens with one attached hydrogen (secondary N) is 1. The van der Waals surface area contributed by atoms with E-state index in [1.807, 2.05) is 5.32 Å². The third-order valence-corrected chi connectivity index (χ3v) is 4.00. The second-order valence-electron chi connectivity index (χ2n) is 5.46. The first-order valence-corrected chi connectivity index (χ1v) is 6.81. The second kappa shape index (κ2) is 5.90. The number of urea groups is 1. The summed E-state index contributed by atoms with van der Waals surface area (Å²) in [7, 11) is 0.459. The van der Waals surface area contributed by atoms with Gasteiger partial charge in [-0.1, -0.05) is 30.3 Å². The Morgan fingerprint density at radius 1 is 1.16 bits per heavy atom. The Hall–Kier alpha value is -2.30. The first-order chi connectivity index (χ1) is 11.3. The zero-order chi connectivity index (χ0) is 19.2. The lowest BCUT2D eigenvalue weighted by atomic mass is 9.78. The molecule has 11 heteroatoms. The maximum absolute atomic E-state index is 13.4. The Morgan fingerprint density at radius 2 is 1.68 bits per heavy atom.